The third kappa shape index (κ3) is 4.62. The molecule has 0 fully saturated rings. The third-order valence-electron chi connectivity index (χ3n) is 3.61. The van der Waals surface area contributed by atoms with Gasteiger partial charge in [-0.25, -0.2) is 0 Å². The molecule has 12 heteroatoms. The van der Waals surface area contributed by atoms with E-state index in [9.17, 15) is 10.2 Å². The van der Waals surface area contributed by atoms with Gasteiger partial charge < -0.3 is 20.8 Å². The summed E-state index contributed by atoms with van der Waals surface area (Å²) in [5, 5.41) is 24.5. The van der Waals surface area contributed by atoms with Crippen LogP contribution >= 0.6 is 92.8 Å². The van der Waals surface area contributed by atoms with Gasteiger partial charge in [0.1, 0.15) is 0 Å². The molecule has 2 rings (SSSR count). The van der Waals surface area contributed by atoms with E-state index in [-0.39, 0.29) is 77.6 Å². The zero-order chi connectivity index (χ0) is 21.2. The van der Waals surface area contributed by atoms with Crippen molar-refractivity contribution in [3.05, 3.63) is 40.2 Å². The Kier molecular flexibility index (Phi) is 9.24. The smallest absolute Gasteiger partial charge is 0.0860 e. The second-order valence-corrected chi connectivity index (χ2v) is 8.34. The first-order valence-corrected chi connectivity index (χ1v) is 10.6. The molecule has 0 bridgehead atoms. The van der Waals surface area contributed by atoms with Gasteiger partial charge in [0.15, 0.2) is 0 Å². The molecule has 28 heavy (non-hydrogen) atoms. The minimum atomic E-state index is -0.194. The second-order valence-electron chi connectivity index (χ2n) is 5.31. The fraction of sp³-hybridized carbons (Fsp3) is 0.250. The van der Waals surface area contributed by atoms with Crippen molar-refractivity contribution in [1.82, 2.24) is 0 Å². The largest absolute Gasteiger partial charge is 0.395 e. The Bertz CT molecular complexity index is 878. The van der Waals surface area contributed by atoms with E-state index < -0.39 is 0 Å². The van der Waals surface area contributed by atoms with Gasteiger partial charge in [-0.15, -0.1) is 0 Å². The van der Waals surface area contributed by atoms with Crippen LogP contribution in [0.2, 0.25) is 40.2 Å². The molecule has 0 saturated carbocycles. The van der Waals surface area contributed by atoms with Crippen molar-refractivity contribution in [2.45, 2.75) is 0 Å². The lowest BCUT2D eigenvalue weighted by atomic mass is 10.0. The van der Waals surface area contributed by atoms with Gasteiger partial charge in [0.25, 0.3) is 0 Å². The number of hydrogen-bond acceptors (Lipinski definition) is 4. The molecule has 154 valence electrons. The quantitative estimate of drug-likeness (QED) is 0.216. The SMILES string of the molecule is OCCNc1c(Cl)c(Cl)c(Cl)c(-c2c(Cl)c(Cl)c(Cl)c(Cl)c2Cl)c1NCCO. The van der Waals surface area contributed by atoms with Gasteiger partial charge in [-0.05, 0) is 0 Å². The molecule has 0 aliphatic carbocycles. The molecule has 0 aliphatic rings. The molecule has 0 radical (unpaired) electrons. The maximum absolute atomic E-state index is 9.26. The number of aliphatic hydroxyl groups is 2. The van der Waals surface area contributed by atoms with Gasteiger partial charge in [-0.1, -0.05) is 92.8 Å². The average Bonchev–Trinajstić information content (AvgIpc) is 2.68. The first-order chi connectivity index (χ1) is 13.2. The molecule has 0 amide bonds. The summed E-state index contributed by atoms with van der Waals surface area (Å²) >= 11 is 50.4. The first kappa shape index (κ1) is 24.5. The van der Waals surface area contributed by atoms with Crippen molar-refractivity contribution in [3.8, 4) is 11.1 Å². The molecule has 0 saturated heterocycles. The average molecular weight is 548 g/mol. The zero-order valence-electron chi connectivity index (χ0n) is 13.7. The van der Waals surface area contributed by atoms with E-state index in [1.807, 2.05) is 0 Å². The predicted octanol–water partition coefficient (Wildman–Crippen LogP) is 7.39. The van der Waals surface area contributed by atoms with Crippen LogP contribution in [-0.2, 0) is 0 Å². The highest BCUT2D eigenvalue weighted by atomic mass is 35.5. The number of hydrogen-bond donors (Lipinski definition) is 4. The lowest BCUT2D eigenvalue weighted by molar-refractivity contribution is 0.310. The van der Waals surface area contributed by atoms with Crippen molar-refractivity contribution in [2.24, 2.45) is 0 Å². The maximum atomic E-state index is 9.26. The number of nitrogens with one attached hydrogen (secondary N) is 2. The van der Waals surface area contributed by atoms with Crippen LogP contribution in [0.15, 0.2) is 0 Å². The van der Waals surface area contributed by atoms with Crippen molar-refractivity contribution >= 4 is 104 Å². The van der Waals surface area contributed by atoms with E-state index in [4.69, 9.17) is 92.8 Å². The van der Waals surface area contributed by atoms with Gasteiger partial charge in [-0.3, -0.25) is 0 Å². The van der Waals surface area contributed by atoms with E-state index in [2.05, 4.69) is 10.6 Å². The highest BCUT2D eigenvalue weighted by Gasteiger charge is 2.28. The predicted molar refractivity (Wildman–Crippen MR) is 123 cm³/mol. The first-order valence-electron chi connectivity index (χ1n) is 7.60. The van der Waals surface area contributed by atoms with Crippen LogP contribution in [0.4, 0.5) is 11.4 Å². The lowest BCUT2D eigenvalue weighted by Gasteiger charge is -2.23. The summed E-state index contributed by atoms with van der Waals surface area (Å²) < 4.78 is 0. The van der Waals surface area contributed by atoms with E-state index in [0.29, 0.717) is 11.4 Å². The molecule has 0 heterocycles. The molecule has 4 N–H and O–H groups in total. The molecule has 0 aliphatic heterocycles. The standard InChI is InChI=1S/C16H12Cl8N2O2/c17-7-5(8(18)11(21)13(23)10(7)20)6-9(19)12(22)14(24)16(26-2-4-28)15(6)25-1-3-27/h25-28H,1-4H2. The molecular formula is C16H12Cl8N2O2. The Balaban J connectivity index is 2.96. The summed E-state index contributed by atoms with van der Waals surface area (Å²) in [5.41, 5.74) is 1.09. The van der Waals surface area contributed by atoms with Gasteiger partial charge in [0, 0.05) is 24.2 Å². The highest BCUT2D eigenvalue weighted by molar-refractivity contribution is 6.57. The maximum Gasteiger partial charge on any atom is 0.0860 e. The minimum Gasteiger partial charge on any atom is -0.395 e. The van der Waals surface area contributed by atoms with Crippen molar-refractivity contribution in [1.29, 1.82) is 0 Å². The van der Waals surface area contributed by atoms with Gasteiger partial charge >= 0.3 is 0 Å². The van der Waals surface area contributed by atoms with Crippen LogP contribution < -0.4 is 10.6 Å². The third-order valence-corrected chi connectivity index (χ3v) is 7.22. The summed E-state index contributed by atoms with van der Waals surface area (Å²) in [6, 6.07) is 0. The number of aliphatic hydroxyl groups excluding tert-OH is 2. The van der Waals surface area contributed by atoms with Crippen molar-refractivity contribution < 1.29 is 10.2 Å². The molecule has 2 aromatic rings. The number of halogens is 8. The van der Waals surface area contributed by atoms with Crippen LogP contribution in [0.25, 0.3) is 11.1 Å². The van der Waals surface area contributed by atoms with Crippen molar-refractivity contribution in [3.63, 3.8) is 0 Å². The molecule has 4 nitrogen and oxygen atoms in total. The van der Waals surface area contributed by atoms with Crippen molar-refractivity contribution in [2.75, 3.05) is 36.9 Å². The zero-order valence-corrected chi connectivity index (χ0v) is 19.8. The van der Waals surface area contributed by atoms with Gasteiger partial charge in [0.05, 0.1) is 64.8 Å². The Morgan fingerprint density at radius 1 is 0.464 bits per heavy atom. The van der Waals surface area contributed by atoms with Crippen LogP contribution in [0.1, 0.15) is 0 Å². The Hall–Kier alpha value is 0.280. The minimum absolute atomic E-state index is 0.00140. The monoisotopic (exact) mass is 544 g/mol. The second kappa shape index (κ2) is 10.5. The number of rotatable bonds is 7. The summed E-state index contributed by atoms with van der Waals surface area (Å²) in [5.74, 6) is 0. The molecule has 0 unspecified atom stereocenters. The Morgan fingerprint density at radius 2 is 0.821 bits per heavy atom. The molecular weight excluding hydrogens is 536 g/mol. The van der Waals surface area contributed by atoms with E-state index in [1.165, 1.54) is 0 Å². The fourth-order valence-corrected chi connectivity index (χ4v) is 4.53. The topological polar surface area (TPSA) is 64.5 Å². The van der Waals surface area contributed by atoms with E-state index in [1.54, 1.807) is 0 Å². The van der Waals surface area contributed by atoms with Crippen LogP contribution in [0, 0.1) is 0 Å². The van der Waals surface area contributed by atoms with Crippen LogP contribution in [0.3, 0.4) is 0 Å². The molecule has 0 atom stereocenters. The normalized spacial score (nSPS) is 11.1. The van der Waals surface area contributed by atoms with Crippen LogP contribution in [0.5, 0.6) is 0 Å². The summed E-state index contributed by atoms with van der Waals surface area (Å²) in [7, 11) is 0. The Morgan fingerprint density at radius 3 is 1.29 bits per heavy atom. The van der Waals surface area contributed by atoms with E-state index >= 15 is 0 Å². The number of benzene rings is 2. The molecule has 2 aromatic carbocycles. The number of anilines is 2. The van der Waals surface area contributed by atoms with Gasteiger partial charge in [0.2, 0.25) is 0 Å². The lowest BCUT2D eigenvalue weighted by Crippen LogP contribution is -2.13. The van der Waals surface area contributed by atoms with Gasteiger partial charge in [-0.2, -0.15) is 0 Å². The molecule has 0 aromatic heterocycles. The Labute approximate surface area is 201 Å². The summed E-state index contributed by atoms with van der Waals surface area (Å²) in [6.07, 6.45) is 0. The van der Waals surface area contributed by atoms with E-state index in [0.717, 1.165) is 0 Å². The molecule has 0 spiro atoms. The fourth-order valence-electron chi connectivity index (χ4n) is 2.42. The summed E-state index contributed by atoms with van der Waals surface area (Å²) in [4.78, 5) is 0. The highest BCUT2D eigenvalue weighted by Crippen LogP contribution is 2.55. The summed E-state index contributed by atoms with van der Waals surface area (Å²) in [6.45, 7) is -0.0697. The van der Waals surface area contributed by atoms with Crippen LogP contribution in [-0.4, -0.2) is 36.5 Å².